The SMILES string of the molecule is CCC(=O)c1ccc(OC)c(OCc2ccccc2)c1. The van der Waals surface area contributed by atoms with Crippen molar-refractivity contribution in [3.63, 3.8) is 0 Å². The Bertz CT molecular complexity index is 576. The van der Waals surface area contributed by atoms with E-state index in [-0.39, 0.29) is 5.78 Å². The van der Waals surface area contributed by atoms with E-state index in [4.69, 9.17) is 9.47 Å². The minimum absolute atomic E-state index is 0.0946. The molecule has 0 heterocycles. The van der Waals surface area contributed by atoms with Gasteiger partial charge in [0.15, 0.2) is 17.3 Å². The molecular formula is C17H18O3. The van der Waals surface area contributed by atoms with Crippen LogP contribution in [0.25, 0.3) is 0 Å². The van der Waals surface area contributed by atoms with Gasteiger partial charge in [0.2, 0.25) is 0 Å². The molecule has 3 heteroatoms. The summed E-state index contributed by atoms with van der Waals surface area (Å²) in [6.07, 6.45) is 0.477. The van der Waals surface area contributed by atoms with Crippen molar-refractivity contribution < 1.29 is 14.3 Å². The number of methoxy groups -OCH3 is 1. The van der Waals surface area contributed by atoms with Crippen molar-refractivity contribution in [1.29, 1.82) is 0 Å². The van der Waals surface area contributed by atoms with Gasteiger partial charge in [-0.15, -0.1) is 0 Å². The van der Waals surface area contributed by atoms with Crippen molar-refractivity contribution in [1.82, 2.24) is 0 Å². The molecule has 0 bridgehead atoms. The van der Waals surface area contributed by atoms with E-state index in [2.05, 4.69) is 0 Å². The molecule has 0 unspecified atom stereocenters. The highest BCUT2D eigenvalue weighted by Crippen LogP contribution is 2.29. The van der Waals surface area contributed by atoms with Gasteiger partial charge in [0.25, 0.3) is 0 Å². The quantitative estimate of drug-likeness (QED) is 0.747. The highest BCUT2D eigenvalue weighted by Gasteiger charge is 2.10. The van der Waals surface area contributed by atoms with Crippen molar-refractivity contribution >= 4 is 5.78 Å². The molecule has 2 rings (SSSR count). The van der Waals surface area contributed by atoms with Crippen molar-refractivity contribution in [3.05, 3.63) is 59.7 Å². The molecule has 0 atom stereocenters. The fourth-order valence-electron chi connectivity index (χ4n) is 1.90. The Balaban J connectivity index is 2.18. The van der Waals surface area contributed by atoms with Gasteiger partial charge in [0, 0.05) is 12.0 Å². The van der Waals surface area contributed by atoms with Gasteiger partial charge in [-0.05, 0) is 23.8 Å². The van der Waals surface area contributed by atoms with Gasteiger partial charge in [0.05, 0.1) is 7.11 Å². The van der Waals surface area contributed by atoms with Crippen LogP contribution >= 0.6 is 0 Å². The van der Waals surface area contributed by atoms with E-state index in [0.29, 0.717) is 30.1 Å². The summed E-state index contributed by atoms with van der Waals surface area (Å²) < 4.78 is 11.0. The van der Waals surface area contributed by atoms with Gasteiger partial charge in [-0.1, -0.05) is 37.3 Å². The highest BCUT2D eigenvalue weighted by molar-refractivity contribution is 5.96. The Morgan fingerprint density at radius 1 is 1.05 bits per heavy atom. The Kier molecular flexibility index (Phi) is 4.77. The Morgan fingerprint density at radius 2 is 1.80 bits per heavy atom. The van der Waals surface area contributed by atoms with E-state index in [1.165, 1.54) is 0 Å². The minimum Gasteiger partial charge on any atom is -0.493 e. The Morgan fingerprint density at radius 3 is 2.45 bits per heavy atom. The summed E-state index contributed by atoms with van der Waals surface area (Å²) in [5, 5.41) is 0. The van der Waals surface area contributed by atoms with E-state index < -0.39 is 0 Å². The maximum Gasteiger partial charge on any atom is 0.162 e. The number of hydrogen-bond acceptors (Lipinski definition) is 3. The molecule has 0 N–H and O–H groups in total. The van der Waals surface area contributed by atoms with Gasteiger partial charge in [0.1, 0.15) is 6.61 Å². The molecule has 20 heavy (non-hydrogen) atoms. The lowest BCUT2D eigenvalue weighted by atomic mass is 10.1. The number of ether oxygens (including phenoxy) is 2. The molecule has 0 aliphatic carbocycles. The lowest BCUT2D eigenvalue weighted by Gasteiger charge is -2.12. The standard InChI is InChI=1S/C17H18O3/c1-3-15(18)14-9-10-16(19-2)17(11-14)20-12-13-7-5-4-6-8-13/h4-11H,3,12H2,1-2H3. The van der Waals surface area contributed by atoms with Crippen LogP contribution in [0.1, 0.15) is 29.3 Å². The Hall–Kier alpha value is -2.29. The predicted octanol–water partition coefficient (Wildman–Crippen LogP) is 3.87. The number of hydrogen-bond donors (Lipinski definition) is 0. The van der Waals surface area contributed by atoms with Crippen LogP contribution in [0, 0.1) is 0 Å². The zero-order valence-electron chi connectivity index (χ0n) is 11.8. The summed E-state index contributed by atoms with van der Waals surface area (Å²) in [5.74, 6) is 1.32. The van der Waals surface area contributed by atoms with E-state index in [9.17, 15) is 4.79 Å². The number of ketones is 1. The number of benzene rings is 2. The van der Waals surface area contributed by atoms with Crippen molar-refractivity contribution in [2.24, 2.45) is 0 Å². The molecule has 0 fully saturated rings. The molecule has 0 aliphatic heterocycles. The molecule has 0 saturated carbocycles. The summed E-state index contributed by atoms with van der Waals surface area (Å²) in [6.45, 7) is 2.29. The van der Waals surface area contributed by atoms with Crippen molar-refractivity contribution in [2.45, 2.75) is 20.0 Å². The summed E-state index contributed by atoms with van der Waals surface area (Å²) >= 11 is 0. The molecular weight excluding hydrogens is 252 g/mol. The van der Waals surface area contributed by atoms with Crippen LogP contribution in [0.3, 0.4) is 0 Å². The van der Waals surface area contributed by atoms with Crippen molar-refractivity contribution in [2.75, 3.05) is 7.11 Å². The van der Waals surface area contributed by atoms with E-state index in [1.54, 1.807) is 25.3 Å². The van der Waals surface area contributed by atoms with E-state index in [1.807, 2.05) is 37.3 Å². The maximum absolute atomic E-state index is 11.7. The second-order valence-corrected chi connectivity index (χ2v) is 4.42. The first-order chi connectivity index (χ1) is 9.74. The second kappa shape index (κ2) is 6.75. The summed E-state index contributed by atoms with van der Waals surface area (Å²) in [4.78, 5) is 11.7. The first-order valence-electron chi connectivity index (χ1n) is 6.62. The molecule has 0 aliphatic rings. The normalized spacial score (nSPS) is 10.1. The second-order valence-electron chi connectivity index (χ2n) is 4.42. The maximum atomic E-state index is 11.7. The van der Waals surface area contributed by atoms with E-state index in [0.717, 1.165) is 5.56 Å². The first-order valence-corrected chi connectivity index (χ1v) is 6.62. The predicted molar refractivity (Wildman–Crippen MR) is 78.4 cm³/mol. The average Bonchev–Trinajstić information content (AvgIpc) is 2.52. The van der Waals surface area contributed by atoms with Crippen LogP contribution in [0.4, 0.5) is 0 Å². The number of Topliss-reactive ketones (excluding diaryl/α,β-unsaturated/α-hetero) is 1. The largest absolute Gasteiger partial charge is 0.493 e. The van der Waals surface area contributed by atoms with Crippen LogP contribution < -0.4 is 9.47 Å². The topological polar surface area (TPSA) is 35.5 Å². The average molecular weight is 270 g/mol. The van der Waals surface area contributed by atoms with Crippen LogP contribution in [0.15, 0.2) is 48.5 Å². The zero-order valence-corrected chi connectivity index (χ0v) is 11.8. The number of carbonyl (C=O) groups excluding carboxylic acids is 1. The third-order valence-corrected chi connectivity index (χ3v) is 3.04. The molecule has 3 nitrogen and oxygen atoms in total. The fourth-order valence-corrected chi connectivity index (χ4v) is 1.90. The molecule has 0 saturated heterocycles. The van der Waals surface area contributed by atoms with Gasteiger partial charge < -0.3 is 9.47 Å². The summed E-state index contributed by atoms with van der Waals surface area (Å²) in [6, 6.07) is 15.2. The fraction of sp³-hybridized carbons (Fsp3) is 0.235. The third kappa shape index (κ3) is 3.38. The van der Waals surface area contributed by atoms with Crippen LogP contribution in [0.2, 0.25) is 0 Å². The first kappa shape index (κ1) is 14.1. The van der Waals surface area contributed by atoms with Gasteiger partial charge in [-0.25, -0.2) is 0 Å². The van der Waals surface area contributed by atoms with Crippen LogP contribution in [0.5, 0.6) is 11.5 Å². The summed E-state index contributed by atoms with van der Waals surface area (Å²) in [7, 11) is 1.59. The van der Waals surface area contributed by atoms with Gasteiger partial charge >= 0.3 is 0 Å². The van der Waals surface area contributed by atoms with Crippen LogP contribution in [-0.4, -0.2) is 12.9 Å². The van der Waals surface area contributed by atoms with Gasteiger partial charge in [-0.2, -0.15) is 0 Å². The monoisotopic (exact) mass is 270 g/mol. The number of carbonyl (C=O) groups is 1. The molecule has 0 aromatic heterocycles. The smallest absolute Gasteiger partial charge is 0.162 e. The molecule has 0 amide bonds. The van der Waals surface area contributed by atoms with Crippen LogP contribution in [-0.2, 0) is 6.61 Å². The molecule has 0 radical (unpaired) electrons. The molecule has 2 aromatic carbocycles. The highest BCUT2D eigenvalue weighted by atomic mass is 16.5. The Labute approximate surface area is 119 Å². The number of rotatable bonds is 6. The molecule has 104 valence electrons. The molecule has 2 aromatic rings. The van der Waals surface area contributed by atoms with Gasteiger partial charge in [-0.3, -0.25) is 4.79 Å². The minimum atomic E-state index is 0.0946. The lowest BCUT2D eigenvalue weighted by molar-refractivity contribution is 0.0987. The lowest BCUT2D eigenvalue weighted by Crippen LogP contribution is -2.01. The summed E-state index contributed by atoms with van der Waals surface area (Å²) in [5.41, 5.74) is 1.72. The third-order valence-electron chi connectivity index (χ3n) is 3.04. The van der Waals surface area contributed by atoms with Crippen molar-refractivity contribution in [3.8, 4) is 11.5 Å². The molecule has 0 spiro atoms. The van der Waals surface area contributed by atoms with E-state index >= 15 is 0 Å². The zero-order chi connectivity index (χ0) is 14.4.